The van der Waals surface area contributed by atoms with Gasteiger partial charge in [0.05, 0.1) is 18.1 Å². The minimum atomic E-state index is -4.40. The van der Waals surface area contributed by atoms with Gasteiger partial charge in [-0.3, -0.25) is 9.69 Å². The highest BCUT2D eigenvalue weighted by Crippen LogP contribution is 2.27. The van der Waals surface area contributed by atoms with Crippen molar-refractivity contribution >= 4 is 15.7 Å². The number of hydrogen-bond donors (Lipinski definition) is 0. The summed E-state index contributed by atoms with van der Waals surface area (Å²) in [6.45, 7) is 4.85. The van der Waals surface area contributed by atoms with Crippen molar-refractivity contribution in [1.29, 1.82) is 0 Å². The van der Waals surface area contributed by atoms with Crippen molar-refractivity contribution in [3.05, 3.63) is 28.8 Å². The Kier molecular flexibility index (Phi) is 7.79. The van der Waals surface area contributed by atoms with E-state index >= 15 is 0 Å². The lowest BCUT2D eigenvalue weighted by Crippen LogP contribution is -2.45. The fourth-order valence-corrected chi connectivity index (χ4v) is 5.59. The number of aryl methyl sites for hydroxylation is 2. The van der Waals surface area contributed by atoms with Crippen LogP contribution in [-0.2, 0) is 21.2 Å². The number of halogens is 3. The van der Waals surface area contributed by atoms with Gasteiger partial charge >= 0.3 is 6.18 Å². The van der Waals surface area contributed by atoms with E-state index in [9.17, 15) is 26.4 Å². The molecule has 0 spiro atoms. The first-order valence-corrected chi connectivity index (χ1v) is 11.6. The van der Waals surface area contributed by atoms with Crippen LogP contribution in [0.4, 0.5) is 13.2 Å². The summed E-state index contributed by atoms with van der Waals surface area (Å²) in [6.07, 6.45) is -3.94. The summed E-state index contributed by atoms with van der Waals surface area (Å²) in [4.78, 5) is 16.1. The molecule has 0 aliphatic carbocycles. The molecule has 6 nitrogen and oxygen atoms in total. The Morgan fingerprint density at radius 3 is 2.30 bits per heavy atom. The summed E-state index contributed by atoms with van der Waals surface area (Å²) < 4.78 is 65.6. The Labute approximate surface area is 175 Å². The maximum atomic E-state index is 12.7. The van der Waals surface area contributed by atoms with Crippen LogP contribution < -0.4 is 4.74 Å². The van der Waals surface area contributed by atoms with Gasteiger partial charge in [0.15, 0.2) is 16.4 Å². The van der Waals surface area contributed by atoms with Crippen LogP contribution in [0.3, 0.4) is 0 Å². The number of sulfone groups is 1. The third kappa shape index (κ3) is 6.87. The zero-order valence-corrected chi connectivity index (χ0v) is 18.6. The molecule has 170 valence electrons. The van der Waals surface area contributed by atoms with E-state index in [1.165, 1.54) is 0 Å². The van der Waals surface area contributed by atoms with Crippen molar-refractivity contribution in [2.24, 2.45) is 0 Å². The molecule has 1 saturated heterocycles. The third-order valence-corrected chi connectivity index (χ3v) is 6.82. The lowest BCUT2D eigenvalue weighted by molar-refractivity contribution is -0.153. The van der Waals surface area contributed by atoms with Gasteiger partial charge in [-0.25, -0.2) is 8.42 Å². The molecule has 2 rings (SSSR count). The van der Waals surface area contributed by atoms with Crippen LogP contribution in [0.1, 0.15) is 30.0 Å². The lowest BCUT2D eigenvalue weighted by atomic mass is 10.1. The summed E-state index contributed by atoms with van der Waals surface area (Å²) in [5, 5.41) is 0. The highest BCUT2D eigenvalue weighted by atomic mass is 32.2. The fraction of sp³-hybridized carbons (Fsp3) is 0.650. The number of benzene rings is 1. The molecular formula is C20H29F3N2O4S. The quantitative estimate of drug-likeness (QED) is 0.609. The molecular weight excluding hydrogens is 421 g/mol. The van der Waals surface area contributed by atoms with E-state index in [2.05, 4.69) is 0 Å². The molecule has 0 aromatic heterocycles. The van der Waals surface area contributed by atoms with Crippen LogP contribution >= 0.6 is 0 Å². The molecule has 10 heteroatoms. The Bertz CT molecular complexity index is 848. The van der Waals surface area contributed by atoms with Crippen molar-refractivity contribution in [2.75, 3.05) is 38.2 Å². The lowest BCUT2D eigenvalue weighted by Gasteiger charge is -2.29. The predicted molar refractivity (Wildman–Crippen MR) is 108 cm³/mol. The minimum Gasteiger partial charge on any atom is -0.484 e. The van der Waals surface area contributed by atoms with Crippen molar-refractivity contribution < 1.29 is 31.1 Å². The first-order valence-electron chi connectivity index (χ1n) is 9.79. The van der Waals surface area contributed by atoms with Crippen LogP contribution in [0.5, 0.6) is 5.75 Å². The van der Waals surface area contributed by atoms with E-state index in [1.54, 1.807) is 42.8 Å². The maximum absolute atomic E-state index is 12.7. The van der Waals surface area contributed by atoms with Crippen LogP contribution in [0.2, 0.25) is 0 Å². The molecule has 1 heterocycles. The van der Waals surface area contributed by atoms with E-state index in [4.69, 9.17) is 4.74 Å². The SMILES string of the molecule is CCN(C(=O)CN(C)Cc1cc(C)c(OCC(F)(F)F)c(C)c1)C1CCS(=O)(=O)C1. The number of amides is 1. The van der Waals surface area contributed by atoms with Crippen molar-refractivity contribution in [3.63, 3.8) is 0 Å². The number of rotatable bonds is 8. The molecule has 1 amide bonds. The Hall–Kier alpha value is -1.81. The highest BCUT2D eigenvalue weighted by Gasteiger charge is 2.34. The summed E-state index contributed by atoms with van der Waals surface area (Å²) in [7, 11) is -1.30. The number of likely N-dealkylation sites (N-methyl/N-ethyl adjacent to an activating group) is 2. The first-order chi connectivity index (χ1) is 13.8. The molecule has 30 heavy (non-hydrogen) atoms. The van der Waals surface area contributed by atoms with Crippen LogP contribution in [0, 0.1) is 13.8 Å². The molecule has 0 saturated carbocycles. The second-order valence-electron chi connectivity index (χ2n) is 7.87. The van der Waals surface area contributed by atoms with E-state index in [-0.39, 0.29) is 35.7 Å². The standard InChI is InChI=1S/C20H29F3N2O4S/c1-5-25(17-6-7-30(27,28)12-17)18(26)11-24(4)10-16-8-14(2)19(15(3)9-16)29-13-20(21,22)23/h8-9,17H,5-7,10-13H2,1-4H3. The van der Waals surface area contributed by atoms with E-state index in [1.807, 2.05) is 6.92 Å². The molecule has 0 N–H and O–H groups in total. The van der Waals surface area contributed by atoms with Gasteiger partial charge in [0.25, 0.3) is 0 Å². The number of carbonyl (C=O) groups excluding carboxylic acids is 1. The van der Waals surface area contributed by atoms with Crippen LogP contribution in [0.25, 0.3) is 0 Å². The largest absolute Gasteiger partial charge is 0.484 e. The topological polar surface area (TPSA) is 66.9 Å². The molecule has 1 fully saturated rings. The molecule has 0 bridgehead atoms. The second-order valence-corrected chi connectivity index (χ2v) is 10.1. The number of hydrogen-bond acceptors (Lipinski definition) is 5. The summed E-state index contributed by atoms with van der Waals surface area (Å²) in [5.41, 5.74) is 2.05. The molecule has 1 atom stereocenters. The van der Waals surface area contributed by atoms with Gasteiger partial charge in [-0.2, -0.15) is 13.2 Å². The van der Waals surface area contributed by atoms with Gasteiger partial charge in [-0.05, 0) is 50.9 Å². The van der Waals surface area contributed by atoms with Crippen molar-refractivity contribution in [1.82, 2.24) is 9.80 Å². The Morgan fingerprint density at radius 2 is 1.83 bits per heavy atom. The summed E-state index contributed by atoms with van der Waals surface area (Å²) in [6, 6.07) is 3.22. The normalized spacial score (nSPS) is 18.6. The maximum Gasteiger partial charge on any atom is 0.422 e. The average Bonchev–Trinajstić information content (AvgIpc) is 2.93. The summed E-state index contributed by atoms with van der Waals surface area (Å²) in [5.74, 6) is 0.197. The number of nitrogens with zero attached hydrogens (tertiary/aromatic N) is 2. The number of carbonyl (C=O) groups is 1. The van der Waals surface area contributed by atoms with Crippen LogP contribution in [-0.4, -0.2) is 74.6 Å². The number of ether oxygens (including phenoxy) is 1. The molecule has 1 unspecified atom stereocenters. The van der Waals surface area contributed by atoms with E-state index in [0.29, 0.717) is 30.6 Å². The van der Waals surface area contributed by atoms with Gasteiger partial charge < -0.3 is 9.64 Å². The van der Waals surface area contributed by atoms with Crippen molar-refractivity contribution in [2.45, 2.75) is 46.0 Å². The van der Waals surface area contributed by atoms with Crippen molar-refractivity contribution in [3.8, 4) is 5.75 Å². The van der Waals surface area contributed by atoms with E-state index < -0.39 is 22.6 Å². The Morgan fingerprint density at radius 1 is 1.23 bits per heavy atom. The average molecular weight is 451 g/mol. The predicted octanol–water partition coefficient (Wildman–Crippen LogP) is 2.71. The molecule has 0 radical (unpaired) electrons. The van der Waals surface area contributed by atoms with Crippen LogP contribution in [0.15, 0.2) is 12.1 Å². The Balaban J connectivity index is 2.00. The third-order valence-electron chi connectivity index (χ3n) is 5.07. The highest BCUT2D eigenvalue weighted by molar-refractivity contribution is 7.91. The monoisotopic (exact) mass is 450 g/mol. The zero-order valence-electron chi connectivity index (χ0n) is 17.8. The number of alkyl halides is 3. The van der Waals surface area contributed by atoms with Gasteiger partial charge in [0.1, 0.15) is 5.75 Å². The first kappa shape index (κ1) is 24.5. The van der Waals surface area contributed by atoms with Gasteiger partial charge in [-0.1, -0.05) is 12.1 Å². The van der Waals surface area contributed by atoms with E-state index in [0.717, 1.165) is 5.56 Å². The minimum absolute atomic E-state index is 0.00801. The fourth-order valence-electron chi connectivity index (χ4n) is 3.86. The smallest absolute Gasteiger partial charge is 0.422 e. The second kappa shape index (κ2) is 9.55. The summed E-state index contributed by atoms with van der Waals surface area (Å²) >= 11 is 0. The van der Waals surface area contributed by atoms with Gasteiger partial charge in [0.2, 0.25) is 5.91 Å². The van der Waals surface area contributed by atoms with Gasteiger partial charge in [0, 0.05) is 19.1 Å². The zero-order chi connectivity index (χ0) is 22.7. The molecule has 1 aliphatic rings. The molecule has 1 aliphatic heterocycles. The molecule has 1 aromatic rings. The van der Waals surface area contributed by atoms with Gasteiger partial charge in [-0.15, -0.1) is 0 Å². The molecule has 1 aromatic carbocycles.